The number of carbonyl (C=O) groups excluding carboxylic acids is 3. The van der Waals surface area contributed by atoms with Crippen molar-refractivity contribution < 1.29 is 23.9 Å². The van der Waals surface area contributed by atoms with E-state index < -0.39 is 11.7 Å². The van der Waals surface area contributed by atoms with Gasteiger partial charge in [-0.3, -0.25) is 14.9 Å². The first kappa shape index (κ1) is 27.9. The third kappa shape index (κ3) is 9.73. The fourth-order valence-electron chi connectivity index (χ4n) is 3.84. The molecule has 2 amide bonds. The van der Waals surface area contributed by atoms with Gasteiger partial charge in [-0.15, -0.1) is 0 Å². The molecule has 0 saturated carbocycles. The van der Waals surface area contributed by atoms with Gasteiger partial charge in [0.05, 0.1) is 13.2 Å². The maximum Gasteiger partial charge on any atom is 0.412 e. The quantitative estimate of drug-likeness (QED) is 0.356. The van der Waals surface area contributed by atoms with E-state index in [1.807, 2.05) is 48.6 Å². The summed E-state index contributed by atoms with van der Waals surface area (Å²) in [6, 6.07) is 14.8. The Balaban J connectivity index is 1.38. The van der Waals surface area contributed by atoms with Gasteiger partial charge in [0.15, 0.2) is 0 Å². The largest absolute Gasteiger partial charge is 0.444 e. The van der Waals surface area contributed by atoms with Crippen LogP contribution >= 0.6 is 0 Å². The zero-order valence-electron chi connectivity index (χ0n) is 21.9. The standard InChI is InChI=1S/C29H37N3O5/c1-29(2,3)37-28(35)31-26-11-7-6-9-23(26)21-25(33)10-5-4-8-16-30-27(34)22-12-14-24(15-13-22)32-17-19-36-20-18-32/h4-7,9,11-15H,8,10,16-21H2,1-3H3,(H,30,34)(H,31,35)/b5-4+. The Labute approximate surface area is 219 Å². The Hall–Kier alpha value is -3.65. The molecular weight excluding hydrogens is 470 g/mol. The molecule has 1 aliphatic rings. The lowest BCUT2D eigenvalue weighted by Crippen LogP contribution is -2.36. The Morgan fingerprint density at radius 2 is 1.70 bits per heavy atom. The predicted octanol–water partition coefficient (Wildman–Crippen LogP) is 4.75. The van der Waals surface area contributed by atoms with E-state index in [4.69, 9.17) is 9.47 Å². The van der Waals surface area contributed by atoms with Crippen molar-refractivity contribution in [2.75, 3.05) is 43.1 Å². The SMILES string of the molecule is CC(C)(C)OC(=O)Nc1ccccc1CC(=O)C/C=C/CCNC(=O)c1ccc(N2CCOCC2)cc1. The van der Waals surface area contributed by atoms with E-state index in [1.165, 1.54) is 0 Å². The summed E-state index contributed by atoms with van der Waals surface area (Å²) in [7, 11) is 0. The number of hydrogen-bond acceptors (Lipinski definition) is 6. The van der Waals surface area contributed by atoms with E-state index in [0.29, 0.717) is 24.2 Å². The van der Waals surface area contributed by atoms with Crippen LogP contribution in [0.25, 0.3) is 0 Å². The Morgan fingerprint density at radius 3 is 2.41 bits per heavy atom. The lowest BCUT2D eigenvalue weighted by atomic mass is 10.0. The number of hydrogen-bond donors (Lipinski definition) is 2. The van der Waals surface area contributed by atoms with Gasteiger partial charge in [0.1, 0.15) is 11.4 Å². The van der Waals surface area contributed by atoms with Crippen LogP contribution in [0.15, 0.2) is 60.7 Å². The number of morpholine rings is 1. The van der Waals surface area contributed by atoms with Crippen molar-refractivity contribution in [2.45, 2.75) is 45.6 Å². The van der Waals surface area contributed by atoms with Crippen molar-refractivity contribution in [3.05, 3.63) is 71.8 Å². The summed E-state index contributed by atoms with van der Waals surface area (Å²) in [5.41, 5.74) is 2.41. The number of nitrogens with zero attached hydrogens (tertiary/aromatic N) is 1. The highest BCUT2D eigenvalue weighted by Crippen LogP contribution is 2.19. The van der Waals surface area contributed by atoms with Crippen LogP contribution in [0.5, 0.6) is 0 Å². The smallest absolute Gasteiger partial charge is 0.412 e. The minimum absolute atomic E-state index is 0.0269. The van der Waals surface area contributed by atoms with Crippen LogP contribution in [0.4, 0.5) is 16.2 Å². The van der Waals surface area contributed by atoms with Crippen molar-refractivity contribution in [3.8, 4) is 0 Å². The number of rotatable bonds is 10. The third-order valence-electron chi connectivity index (χ3n) is 5.66. The van der Waals surface area contributed by atoms with Gasteiger partial charge in [0.2, 0.25) is 0 Å². The average molecular weight is 508 g/mol. The van der Waals surface area contributed by atoms with Crippen LogP contribution < -0.4 is 15.5 Å². The van der Waals surface area contributed by atoms with Crippen LogP contribution in [-0.4, -0.2) is 56.2 Å². The lowest BCUT2D eigenvalue weighted by molar-refractivity contribution is -0.117. The third-order valence-corrected chi connectivity index (χ3v) is 5.66. The molecule has 0 unspecified atom stereocenters. The zero-order chi connectivity index (χ0) is 26.7. The van der Waals surface area contributed by atoms with E-state index in [9.17, 15) is 14.4 Å². The molecule has 0 atom stereocenters. The fourth-order valence-corrected chi connectivity index (χ4v) is 3.84. The van der Waals surface area contributed by atoms with Gasteiger partial charge in [-0.1, -0.05) is 30.4 Å². The predicted molar refractivity (Wildman–Crippen MR) is 145 cm³/mol. The number of ketones is 1. The normalized spacial score (nSPS) is 13.9. The topological polar surface area (TPSA) is 97.0 Å². The average Bonchev–Trinajstić information content (AvgIpc) is 2.86. The number of benzene rings is 2. The monoisotopic (exact) mass is 507 g/mol. The van der Waals surface area contributed by atoms with Gasteiger partial charge in [0.25, 0.3) is 5.91 Å². The molecule has 0 aromatic heterocycles. The highest BCUT2D eigenvalue weighted by molar-refractivity contribution is 5.94. The summed E-state index contributed by atoms with van der Waals surface area (Å²) in [5.74, 6) is -0.0915. The molecule has 0 bridgehead atoms. The minimum atomic E-state index is -0.604. The molecule has 198 valence electrons. The van der Waals surface area contributed by atoms with Crippen LogP contribution in [0.2, 0.25) is 0 Å². The first-order valence-corrected chi connectivity index (χ1v) is 12.7. The van der Waals surface area contributed by atoms with Crippen molar-refractivity contribution in [1.82, 2.24) is 5.32 Å². The molecule has 2 aromatic carbocycles. The van der Waals surface area contributed by atoms with E-state index in [2.05, 4.69) is 15.5 Å². The number of para-hydroxylation sites is 1. The first-order chi connectivity index (χ1) is 17.7. The number of amides is 2. The van der Waals surface area contributed by atoms with Crippen LogP contribution in [-0.2, 0) is 20.7 Å². The second kappa shape index (κ2) is 13.6. The maximum atomic E-state index is 12.5. The summed E-state index contributed by atoms with van der Waals surface area (Å²) in [5, 5.41) is 5.63. The van der Waals surface area contributed by atoms with E-state index in [0.717, 1.165) is 37.6 Å². The number of carbonyl (C=O) groups is 3. The number of Topliss-reactive ketones (excluding diaryl/α,β-unsaturated/α-hetero) is 1. The van der Waals surface area contributed by atoms with Gasteiger partial charge in [-0.05, 0) is 63.1 Å². The molecule has 2 N–H and O–H groups in total. The van der Waals surface area contributed by atoms with Crippen molar-refractivity contribution in [3.63, 3.8) is 0 Å². The number of ether oxygens (including phenoxy) is 2. The minimum Gasteiger partial charge on any atom is -0.444 e. The van der Waals surface area contributed by atoms with E-state index in [-0.39, 0.29) is 24.5 Å². The Bertz CT molecular complexity index is 1080. The molecule has 0 spiro atoms. The molecular formula is C29H37N3O5. The van der Waals surface area contributed by atoms with Crippen LogP contribution in [0, 0.1) is 0 Å². The molecule has 1 saturated heterocycles. The summed E-state index contributed by atoms with van der Waals surface area (Å²) in [6.45, 7) is 9.03. The number of nitrogens with one attached hydrogen (secondary N) is 2. The molecule has 2 aromatic rings. The fraction of sp³-hybridized carbons (Fsp3) is 0.414. The summed E-state index contributed by atoms with van der Waals surface area (Å²) < 4.78 is 10.7. The highest BCUT2D eigenvalue weighted by Gasteiger charge is 2.17. The second-order valence-electron chi connectivity index (χ2n) is 9.87. The lowest BCUT2D eigenvalue weighted by Gasteiger charge is -2.28. The molecule has 0 aliphatic carbocycles. The number of anilines is 2. The second-order valence-corrected chi connectivity index (χ2v) is 9.87. The number of allylic oxidation sites excluding steroid dienone is 1. The Kier molecular flexibility index (Phi) is 10.3. The molecule has 0 radical (unpaired) electrons. The molecule has 3 rings (SSSR count). The molecule has 1 aliphatic heterocycles. The van der Waals surface area contributed by atoms with Crippen molar-refractivity contribution in [1.29, 1.82) is 0 Å². The highest BCUT2D eigenvalue weighted by atomic mass is 16.6. The van der Waals surface area contributed by atoms with Gasteiger partial charge < -0.3 is 19.7 Å². The van der Waals surface area contributed by atoms with Crippen LogP contribution in [0.1, 0.15) is 49.5 Å². The van der Waals surface area contributed by atoms with E-state index >= 15 is 0 Å². The van der Waals surface area contributed by atoms with Gasteiger partial charge in [-0.25, -0.2) is 4.79 Å². The van der Waals surface area contributed by atoms with Crippen LogP contribution in [0.3, 0.4) is 0 Å². The van der Waals surface area contributed by atoms with Gasteiger partial charge in [-0.2, -0.15) is 0 Å². The van der Waals surface area contributed by atoms with Crippen molar-refractivity contribution in [2.24, 2.45) is 0 Å². The van der Waals surface area contributed by atoms with Gasteiger partial charge in [0, 0.05) is 49.4 Å². The Morgan fingerprint density at radius 1 is 1.00 bits per heavy atom. The van der Waals surface area contributed by atoms with Gasteiger partial charge >= 0.3 is 6.09 Å². The molecule has 1 fully saturated rings. The zero-order valence-corrected chi connectivity index (χ0v) is 21.9. The summed E-state index contributed by atoms with van der Waals surface area (Å²) >= 11 is 0. The molecule has 8 nitrogen and oxygen atoms in total. The first-order valence-electron chi connectivity index (χ1n) is 12.7. The maximum absolute atomic E-state index is 12.5. The van der Waals surface area contributed by atoms with E-state index in [1.54, 1.807) is 32.9 Å². The molecule has 1 heterocycles. The van der Waals surface area contributed by atoms with Crippen molar-refractivity contribution >= 4 is 29.2 Å². The summed E-state index contributed by atoms with van der Waals surface area (Å²) in [4.78, 5) is 39.2. The molecule has 37 heavy (non-hydrogen) atoms. The summed E-state index contributed by atoms with van der Waals surface area (Å²) in [6.07, 6.45) is 4.26. The molecule has 8 heteroatoms.